The van der Waals surface area contributed by atoms with Crippen LogP contribution in [-0.2, 0) is 0 Å². The minimum Gasteiger partial charge on any atom is -0.506 e. The van der Waals surface area contributed by atoms with E-state index in [1.54, 1.807) is 6.07 Å². The predicted molar refractivity (Wildman–Crippen MR) is 60.7 cm³/mol. The zero-order valence-electron chi connectivity index (χ0n) is 8.34. The molecule has 3 N–H and O–H groups in total. The van der Waals surface area contributed by atoms with Gasteiger partial charge in [-0.25, -0.2) is 0 Å². The molecular weight excluding hydrogens is 198 g/mol. The number of hydrogen-bond acceptors (Lipinski definition) is 2. The number of nitrogens with two attached hydrogens (primary N) is 1. The highest BCUT2D eigenvalue weighted by Gasteiger charge is 2.08. The van der Waals surface area contributed by atoms with E-state index in [9.17, 15) is 5.11 Å². The van der Waals surface area contributed by atoms with Crippen LogP contribution in [0.15, 0.2) is 12.1 Å². The molecule has 0 aliphatic carbocycles. The molecular formula is C11H14ClNO. The molecule has 0 aliphatic rings. The van der Waals surface area contributed by atoms with Gasteiger partial charge in [-0.2, -0.15) is 0 Å². The van der Waals surface area contributed by atoms with Crippen molar-refractivity contribution in [1.29, 1.82) is 0 Å². The summed E-state index contributed by atoms with van der Waals surface area (Å²) in [4.78, 5) is 0. The average Bonchev–Trinajstić information content (AvgIpc) is 2.14. The standard InChI is InChI=1S/C11H14ClNO/c1-7-6-10(14)11(12)8(2)9(7)4-3-5-13/h3-4,6,14H,5,13H2,1-2H3/b4-3+. The van der Waals surface area contributed by atoms with Crippen LogP contribution in [0.2, 0.25) is 5.02 Å². The maximum Gasteiger partial charge on any atom is 0.134 e. The number of benzene rings is 1. The Hall–Kier alpha value is -0.990. The van der Waals surface area contributed by atoms with Gasteiger partial charge in [0.2, 0.25) is 0 Å². The van der Waals surface area contributed by atoms with Gasteiger partial charge < -0.3 is 10.8 Å². The molecule has 76 valence electrons. The average molecular weight is 212 g/mol. The molecule has 0 aliphatic heterocycles. The number of rotatable bonds is 2. The second-order valence-electron chi connectivity index (χ2n) is 3.20. The lowest BCUT2D eigenvalue weighted by atomic mass is 10.0. The maximum absolute atomic E-state index is 9.45. The monoisotopic (exact) mass is 211 g/mol. The molecule has 0 fully saturated rings. The Bertz CT molecular complexity index is 372. The van der Waals surface area contributed by atoms with E-state index in [0.717, 1.165) is 16.7 Å². The van der Waals surface area contributed by atoms with E-state index in [1.165, 1.54) is 0 Å². The minimum absolute atomic E-state index is 0.131. The summed E-state index contributed by atoms with van der Waals surface area (Å²) >= 11 is 5.92. The van der Waals surface area contributed by atoms with Crippen molar-refractivity contribution in [3.05, 3.63) is 33.9 Å². The van der Waals surface area contributed by atoms with Gasteiger partial charge in [-0.15, -0.1) is 0 Å². The van der Waals surface area contributed by atoms with Crippen LogP contribution in [0, 0.1) is 13.8 Å². The molecule has 1 aromatic carbocycles. The molecule has 2 nitrogen and oxygen atoms in total. The first-order chi connectivity index (χ1) is 6.57. The van der Waals surface area contributed by atoms with Gasteiger partial charge >= 0.3 is 0 Å². The molecule has 0 saturated carbocycles. The second-order valence-corrected chi connectivity index (χ2v) is 3.58. The normalized spacial score (nSPS) is 11.1. The molecule has 0 unspecified atom stereocenters. The highest BCUT2D eigenvalue weighted by atomic mass is 35.5. The van der Waals surface area contributed by atoms with E-state index >= 15 is 0 Å². The predicted octanol–water partition coefficient (Wildman–Crippen LogP) is 2.63. The largest absolute Gasteiger partial charge is 0.506 e. The Kier molecular flexibility index (Phi) is 3.55. The molecule has 0 atom stereocenters. The first kappa shape index (κ1) is 11.1. The zero-order chi connectivity index (χ0) is 10.7. The molecule has 0 amide bonds. The Labute approximate surface area is 89.0 Å². The van der Waals surface area contributed by atoms with E-state index in [0.29, 0.717) is 11.6 Å². The van der Waals surface area contributed by atoms with Crippen LogP contribution in [0.3, 0.4) is 0 Å². The zero-order valence-corrected chi connectivity index (χ0v) is 9.10. The molecule has 0 radical (unpaired) electrons. The summed E-state index contributed by atoms with van der Waals surface area (Å²) in [6.45, 7) is 4.31. The van der Waals surface area contributed by atoms with Crippen LogP contribution in [-0.4, -0.2) is 11.7 Å². The van der Waals surface area contributed by atoms with E-state index in [1.807, 2.05) is 26.0 Å². The van der Waals surface area contributed by atoms with Crippen LogP contribution in [0.4, 0.5) is 0 Å². The van der Waals surface area contributed by atoms with Gasteiger partial charge in [-0.3, -0.25) is 0 Å². The van der Waals surface area contributed by atoms with Crippen LogP contribution >= 0.6 is 11.6 Å². The molecule has 1 aromatic rings. The maximum atomic E-state index is 9.45. The summed E-state index contributed by atoms with van der Waals surface area (Å²) in [5.74, 6) is 0.131. The van der Waals surface area contributed by atoms with Crippen molar-refractivity contribution in [2.75, 3.05) is 6.54 Å². The fraction of sp³-hybridized carbons (Fsp3) is 0.273. The first-order valence-electron chi connectivity index (χ1n) is 4.43. The number of hydrogen-bond donors (Lipinski definition) is 2. The lowest BCUT2D eigenvalue weighted by molar-refractivity contribution is 0.474. The van der Waals surface area contributed by atoms with Gasteiger partial charge in [0, 0.05) is 6.54 Å². The highest BCUT2D eigenvalue weighted by Crippen LogP contribution is 2.32. The van der Waals surface area contributed by atoms with E-state index in [-0.39, 0.29) is 5.75 Å². The third-order valence-corrected chi connectivity index (χ3v) is 2.63. The molecule has 0 spiro atoms. The van der Waals surface area contributed by atoms with Crippen molar-refractivity contribution < 1.29 is 5.11 Å². The summed E-state index contributed by atoms with van der Waals surface area (Å²) in [6, 6.07) is 1.66. The van der Waals surface area contributed by atoms with E-state index < -0.39 is 0 Å². The quantitative estimate of drug-likeness (QED) is 0.790. The molecule has 0 saturated heterocycles. The van der Waals surface area contributed by atoms with Gasteiger partial charge in [-0.05, 0) is 36.6 Å². The molecule has 14 heavy (non-hydrogen) atoms. The fourth-order valence-electron chi connectivity index (χ4n) is 1.39. The van der Waals surface area contributed by atoms with Gasteiger partial charge in [0.1, 0.15) is 5.75 Å². The number of phenols is 1. The lowest BCUT2D eigenvalue weighted by Crippen LogP contribution is -1.94. The fourth-order valence-corrected chi connectivity index (χ4v) is 1.55. The van der Waals surface area contributed by atoms with Crippen molar-refractivity contribution in [2.45, 2.75) is 13.8 Å². The molecule has 0 heterocycles. The first-order valence-corrected chi connectivity index (χ1v) is 4.81. The van der Waals surface area contributed by atoms with Crippen molar-refractivity contribution >= 4 is 17.7 Å². The Morgan fingerprint density at radius 3 is 2.71 bits per heavy atom. The smallest absolute Gasteiger partial charge is 0.134 e. The molecule has 0 aromatic heterocycles. The van der Waals surface area contributed by atoms with Crippen molar-refractivity contribution in [3.8, 4) is 5.75 Å². The molecule has 0 bridgehead atoms. The van der Waals surface area contributed by atoms with Crippen LogP contribution < -0.4 is 5.73 Å². The summed E-state index contributed by atoms with van der Waals surface area (Å²) < 4.78 is 0. The minimum atomic E-state index is 0.131. The van der Waals surface area contributed by atoms with Crippen LogP contribution in [0.1, 0.15) is 16.7 Å². The second kappa shape index (κ2) is 4.49. The van der Waals surface area contributed by atoms with Gasteiger partial charge in [0.05, 0.1) is 5.02 Å². The summed E-state index contributed by atoms with van der Waals surface area (Å²) in [5, 5.41) is 9.86. The highest BCUT2D eigenvalue weighted by molar-refractivity contribution is 6.33. The molecule has 3 heteroatoms. The SMILES string of the molecule is Cc1cc(O)c(Cl)c(C)c1/C=C/CN. The number of aromatic hydroxyl groups is 1. The lowest BCUT2D eigenvalue weighted by Gasteiger charge is -2.09. The van der Waals surface area contributed by atoms with Gasteiger partial charge in [0.25, 0.3) is 0 Å². The summed E-state index contributed by atoms with van der Waals surface area (Å²) in [6.07, 6.45) is 3.79. The van der Waals surface area contributed by atoms with Crippen LogP contribution in [0.5, 0.6) is 5.75 Å². The van der Waals surface area contributed by atoms with E-state index in [2.05, 4.69) is 0 Å². The Balaban J connectivity index is 3.29. The number of phenolic OH excluding ortho intramolecular Hbond substituents is 1. The van der Waals surface area contributed by atoms with Crippen LogP contribution in [0.25, 0.3) is 6.08 Å². The Morgan fingerprint density at radius 1 is 1.50 bits per heavy atom. The summed E-state index contributed by atoms with van der Waals surface area (Å²) in [7, 11) is 0. The van der Waals surface area contributed by atoms with Crippen molar-refractivity contribution in [1.82, 2.24) is 0 Å². The van der Waals surface area contributed by atoms with E-state index in [4.69, 9.17) is 17.3 Å². The third-order valence-electron chi connectivity index (χ3n) is 2.16. The third kappa shape index (κ3) is 2.08. The topological polar surface area (TPSA) is 46.2 Å². The van der Waals surface area contributed by atoms with Crippen molar-refractivity contribution in [2.24, 2.45) is 5.73 Å². The number of aryl methyl sites for hydroxylation is 1. The van der Waals surface area contributed by atoms with Crippen molar-refractivity contribution in [3.63, 3.8) is 0 Å². The number of halogens is 1. The Morgan fingerprint density at radius 2 is 2.14 bits per heavy atom. The summed E-state index contributed by atoms with van der Waals surface area (Å²) in [5.41, 5.74) is 8.28. The van der Waals surface area contributed by atoms with Gasteiger partial charge in [-0.1, -0.05) is 23.8 Å². The van der Waals surface area contributed by atoms with Gasteiger partial charge in [0.15, 0.2) is 0 Å². The molecule has 1 rings (SSSR count).